The van der Waals surface area contributed by atoms with Gasteiger partial charge in [-0.2, -0.15) is 0 Å². The van der Waals surface area contributed by atoms with E-state index in [0.29, 0.717) is 11.3 Å². The van der Waals surface area contributed by atoms with Crippen LogP contribution in [0.5, 0.6) is 0 Å². The van der Waals surface area contributed by atoms with Crippen LogP contribution in [-0.2, 0) is 10.0 Å². The number of rotatable bonds is 6. The predicted octanol–water partition coefficient (Wildman–Crippen LogP) is 3.63. The van der Waals surface area contributed by atoms with Gasteiger partial charge in [0.05, 0.1) is 4.90 Å². The summed E-state index contributed by atoms with van der Waals surface area (Å²) in [4.78, 5) is 12.3. The van der Waals surface area contributed by atoms with E-state index in [-0.39, 0.29) is 16.8 Å². The van der Waals surface area contributed by atoms with Crippen LogP contribution in [0.15, 0.2) is 47.4 Å². The van der Waals surface area contributed by atoms with Gasteiger partial charge >= 0.3 is 0 Å². The van der Waals surface area contributed by atoms with Gasteiger partial charge in [-0.3, -0.25) is 9.52 Å². The second kappa shape index (κ2) is 7.70. The molecular weight excluding hydrogens is 336 g/mol. The maximum Gasteiger partial charge on any atom is 0.261 e. The van der Waals surface area contributed by atoms with Crippen LogP contribution in [0.3, 0.4) is 0 Å². The Balaban J connectivity index is 2.27. The quantitative estimate of drug-likeness (QED) is 0.826. The number of amides is 1. The van der Waals surface area contributed by atoms with E-state index in [1.807, 2.05) is 33.8 Å². The molecule has 134 valence electrons. The summed E-state index contributed by atoms with van der Waals surface area (Å²) in [5, 5.41) is 2.83. The first-order valence-corrected chi connectivity index (χ1v) is 9.71. The molecule has 0 heterocycles. The normalized spacial score (nSPS) is 12.5. The molecule has 25 heavy (non-hydrogen) atoms. The number of carbonyl (C=O) groups excluding carboxylic acids is 1. The summed E-state index contributed by atoms with van der Waals surface area (Å²) >= 11 is 0. The standard InChI is InChI=1S/C19H24N2O3S/c1-5-15(4)20-19(22)16-7-6-8-18(12-16)25(23,24)21-17-10-13(2)9-14(3)11-17/h6-12,15,21H,5H2,1-4H3,(H,20,22). The zero-order valence-electron chi connectivity index (χ0n) is 15.0. The highest BCUT2D eigenvalue weighted by molar-refractivity contribution is 7.92. The van der Waals surface area contributed by atoms with Crippen molar-refractivity contribution in [2.45, 2.75) is 45.1 Å². The smallest absolute Gasteiger partial charge is 0.261 e. The fourth-order valence-corrected chi connectivity index (χ4v) is 3.55. The van der Waals surface area contributed by atoms with Crippen molar-refractivity contribution >= 4 is 21.6 Å². The van der Waals surface area contributed by atoms with Gasteiger partial charge < -0.3 is 5.32 Å². The van der Waals surface area contributed by atoms with Crippen LogP contribution in [0.4, 0.5) is 5.69 Å². The first kappa shape index (κ1) is 19.0. The van der Waals surface area contributed by atoms with Gasteiger partial charge in [-0.05, 0) is 68.7 Å². The van der Waals surface area contributed by atoms with Crippen molar-refractivity contribution in [2.75, 3.05) is 4.72 Å². The molecule has 1 atom stereocenters. The fourth-order valence-electron chi connectivity index (χ4n) is 2.46. The minimum atomic E-state index is -3.77. The van der Waals surface area contributed by atoms with E-state index in [9.17, 15) is 13.2 Å². The molecule has 0 saturated heterocycles. The minimum Gasteiger partial charge on any atom is -0.350 e. The number of anilines is 1. The van der Waals surface area contributed by atoms with Crippen LogP contribution >= 0.6 is 0 Å². The average Bonchev–Trinajstić information content (AvgIpc) is 2.53. The molecule has 0 aliphatic heterocycles. The van der Waals surface area contributed by atoms with Crippen LogP contribution in [0, 0.1) is 13.8 Å². The molecule has 2 rings (SSSR count). The van der Waals surface area contributed by atoms with E-state index in [2.05, 4.69) is 10.0 Å². The van der Waals surface area contributed by atoms with Gasteiger partial charge in [-0.1, -0.05) is 19.1 Å². The highest BCUT2D eigenvalue weighted by atomic mass is 32.2. The average molecular weight is 360 g/mol. The molecule has 0 aliphatic rings. The number of carbonyl (C=O) groups is 1. The molecule has 2 aromatic rings. The number of sulfonamides is 1. The Bertz CT molecular complexity index is 856. The predicted molar refractivity (Wildman–Crippen MR) is 100 cm³/mol. The zero-order valence-corrected chi connectivity index (χ0v) is 15.8. The zero-order chi connectivity index (χ0) is 18.6. The van der Waals surface area contributed by atoms with E-state index in [1.165, 1.54) is 12.1 Å². The molecule has 0 aromatic heterocycles. The third kappa shape index (κ3) is 5.06. The van der Waals surface area contributed by atoms with Crippen LogP contribution < -0.4 is 10.0 Å². The van der Waals surface area contributed by atoms with Crippen LogP contribution in [-0.4, -0.2) is 20.4 Å². The molecule has 0 radical (unpaired) electrons. The molecule has 0 saturated carbocycles. The Morgan fingerprint density at radius 1 is 1.08 bits per heavy atom. The fraction of sp³-hybridized carbons (Fsp3) is 0.316. The Morgan fingerprint density at radius 3 is 2.32 bits per heavy atom. The maximum atomic E-state index is 12.6. The summed E-state index contributed by atoms with van der Waals surface area (Å²) in [5.74, 6) is -0.280. The van der Waals surface area contributed by atoms with E-state index >= 15 is 0 Å². The van der Waals surface area contributed by atoms with Gasteiger partial charge in [0, 0.05) is 17.3 Å². The third-order valence-corrected chi connectivity index (χ3v) is 5.25. The van der Waals surface area contributed by atoms with Crippen molar-refractivity contribution in [3.05, 3.63) is 59.2 Å². The highest BCUT2D eigenvalue weighted by Gasteiger charge is 2.17. The first-order chi connectivity index (χ1) is 11.7. The number of aryl methyl sites for hydroxylation is 2. The minimum absolute atomic E-state index is 0.0288. The molecule has 2 N–H and O–H groups in total. The van der Waals surface area contributed by atoms with Crippen molar-refractivity contribution in [3.8, 4) is 0 Å². The molecule has 0 aliphatic carbocycles. The monoisotopic (exact) mass is 360 g/mol. The lowest BCUT2D eigenvalue weighted by Gasteiger charge is -2.13. The molecule has 5 nitrogen and oxygen atoms in total. The van der Waals surface area contributed by atoms with Crippen molar-refractivity contribution < 1.29 is 13.2 Å². The molecule has 0 spiro atoms. The van der Waals surface area contributed by atoms with E-state index in [4.69, 9.17) is 0 Å². The molecule has 1 amide bonds. The Kier molecular flexibility index (Phi) is 5.85. The summed E-state index contributed by atoms with van der Waals surface area (Å²) in [6.45, 7) is 7.69. The van der Waals surface area contributed by atoms with Gasteiger partial charge in [0.2, 0.25) is 0 Å². The highest BCUT2D eigenvalue weighted by Crippen LogP contribution is 2.20. The number of benzene rings is 2. The van der Waals surface area contributed by atoms with Crippen LogP contribution in [0.1, 0.15) is 41.8 Å². The lowest BCUT2D eigenvalue weighted by atomic mass is 10.1. The Hall–Kier alpha value is -2.34. The van der Waals surface area contributed by atoms with Gasteiger partial charge in [0.25, 0.3) is 15.9 Å². The van der Waals surface area contributed by atoms with Crippen LogP contribution in [0.25, 0.3) is 0 Å². The first-order valence-electron chi connectivity index (χ1n) is 8.23. The van der Waals surface area contributed by atoms with Gasteiger partial charge in [-0.15, -0.1) is 0 Å². The lowest BCUT2D eigenvalue weighted by Crippen LogP contribution is -2.32. The number of nitrogens with one attached hydrogen (secondary N) is 2. The second-order valence-corrected chi connectivity index (χ2v) is 7.97. The molecule has 0 fully saturated rings. The largest absolute Gasteiger partial charge is 0.350 e. The van der Waals surface area contributed by atoms with E-state index in [0.717, 1.165) is 17.5 Å². The Morgan fingerprint density at radius 2 is 1.72 bits per heavy atom. The topological polar surface area (TPSA) is 75.3 Å². The molecule has 6 heteroatoms. The third-order valence-electron chi connectivity index (χ3n) is 3.87. The molecule has 2 aromatic carbocycles. The van der Waals surface area contributed by atoms with Crippen molar-refractivity contribution in [1.29, 1.82) is 0 Å². The number of hydrogen-bond acceptors (Lipinski definition) is 3. The summed E-state index contributed by atoms with van der Waals surface area (Å²) < 4.78 is 27.8. The maximum absolute atomic E-state index is 12.6. The summed E-state index contributed by atoms with van der Waals surface area (Å²) in [5.41, 5.74) is 2.77. The summed E-state index contributed by atoms with van der Waals surface area (Å²) in [7, 11) is -3.77. The van der Waals surface area contributed by atoms with Crippen molar-refractivity contribution in [3.63, 3.8) is 0 Å². The second-order valence-electron chi connectivity index (χ2n) is 6.29. The summed E-state index contributed by atoms with van der Waals surface area (Å²) in [6.07, 6.45) is 0.804. The van der Waals surface area contributed by atoms with E-state index in [1.54, 1.807) is 24.3 Å². The van der Waals surface area contributed by atoms with Crippen LogP contribution in [0.2, 0.25) is 0 Å². The SMILES string of the molecule is CCC(C)NC(=O)c1cccc(S(=O)(=O)Nc2cc(C)cc(C)c2)c1. The van der Waals surface area contributed by atoms with Gasteiger partial charge in [0.15, 0.2) is 0 Å². The van der Waals surface area contributed by atoms with Crippen molar-refractivity contribution in [1.82, 2.24) is 5.32 Å². The number of hydrogen-bond donors (Lipinski definition) is 2. The van der Waals surface area contributed by atoms with Crippen molar-refractivity contribution in [2.24, 2.45) is 0 Å². The van der Waals surface area contributed by atoms with Gasteiger partial charge in [0.1, 0.15) is 0 Å². The molecular formula is C19H24N2O3S. The molecule has 1 unspecified atom stereocenters. The summed E-state index contributed by atoms with van der Waals surface area (Å²) in [6, 6.07) is 11.6. The lowest BCUT2D eigenvalue weighted by molar-refractivity contribution is 0.0939. The van der Waals surface area contributed by atoms with E-state index < -0.39 is 10.0 Å². The van der Waals surface area contributed by atoms with Gasteiger partial charge in [-0.25, -0.2) is 8.42 Å². The Labute approximate surface area is 149 Å². The molecule has 0 bridgehead atoms.